The van der Waals surface area contributed by atoms with Crippen molar-refractivity contribution in [3.8, 4) is 0 Å². The van der Waals surface area contributed by atoms with E-state index in [2.05, 4.69) is 0 Å². The van der Waals surface area contributed by atoms with Crippen LogP contribution in [0, 0.1) is 5.82 Å². The van der Waals surface area contributed by atoms with E-state index in [-0.39, 0.29) is 7.24 Å². The molecule has 2 heteroatoms. The molecular formula is C11H20FN. The van der Waals surface area contributed by atoms with Crippen molar-refractivity contribution in [2.75, 3.05) is 6.54 Å². The van der Waals surface area contributed by atoms with Crippen LogP contribution in [-0.2, 0) is 6.42 Å². The molecule has 0 spiro atoms. The standard InChI is InChI=1S/C9H12FN.C2H6.H2/c10-9-5-3-8(4-6-9)2-1-7-11;1-2;/h3-6H,1-2,7,11H2;1-2H3;1H. The van der Waals surface area contributed by atoms with Crippen LogP contribution in [0.4, 0.5) is 4.39 Å². The van der Waals surface area contributed by atoms with Crippen LogP contribution in [0.2, 0.25) is 0 Å². The smallest absolute Gasteiger partial charge is 0.123 e. The number of rotatable bonds is 3. The molecule has 0 aliphatic heterocycles. The van der Waals surface area contributed by atoms with E-state index in [0.29, 0.717) is 6.54 Å². The normalized spacial score (nSPS) is 8.92. The zero-order chi connectivity index (χ0) is 10.1. The Bertz CT molecular complexity index is 211. The highest BCUT2D eigenvalue weighted by Crippen LogP contribution is 2.04. The number of hydrogen-bond donors (Lipinski definition) is 1. The molecule has 0 unspecified atom stereocenters. The first-order chi connectivity index (χ1) is 6.33. The first kappa shape index (κ1) is 12.1. The summed E-state index contributed by atoms with van der Waals surface area (Å²) in [5.74, 6) is -0.179. The van der Waals surface area contributed by atoms with Gasteiger partial charge in [0.15, 0.2) is 0 Å². The molecule has 0 amide bonds. The molecule has 1 aromatic rings. The summed E-state index contributed by atoms with van der Waals surface area (Å²) < 4.78 is 12.4. The molecule has 0 aliphatic rings. The quantitative estimate of drug-likeness (QED) is 0.769. The van der Waals surface area contributed by atoms with Crippen molar-refractivity contribution < 1.29 is 5.82 Å². The molecule has 1 aromatic carbocycles. The summed E-state index contributed by atoms with van der Waals surface area (Å²) in [6.45, 7) is 4.69. The molecular weight excluding hydrogens is 165 g/mol. The Morgan fingerprint density at radius 2 is 1.77 bits per heavy atom. The van der Waals surface area contributed by atoms with Crippen LogP contribution >= 0.6 is 0 Å². The zero-order valence-corrected chi connectivity index (χ0v) is 8.39. The number of benzene rings is 1. The SMILES string of the molecule is CC.NCCCc1ccc(F)cc1.[HH]. The third-order valence-corrected chi connectivity index (χ3v) is 1.58. The average molecular weight is 185 g/mol. The Morgan fingerprint density at radius 3 is 2.23 bits per heavy atom. The molecule has 0 aliphatic carbocycles. The van der Waals surface area contributed by atoms with E-state index in [4.69, 9.17) is 5.73 Å². The minimum atomic E-state index is -0.179. The number of aryl methyl sites for hydroxylation is 1. The maximum atomic E-state index is 12.4. The molecule has 0 saturated carbocycles. The number of hydrogen-bond acceptors (Lipinski definition) is 1. The van der Waals surface area contributed by atoms with Crippen molar-refractivity contribution in [2.24, 2.45) is 5.73 Å². The summed E-state index contributed by atoms with van der Waals surface area (Å²) in [7, 11) is 0. The van der Waals surface area contributed by atoms with Crippen molar-refractivity contribution in [3.05, 3.63) is 35.6 Å². The van der Waals surface area contributed by atoms with Crippen LogP contribution in [-0.4, -0.2) is 6.54 Å². The van der Waals surface area contributed by atoms with Crippen LogP contribution in [0.1, 0.15) is 27.3 Å². The van der Waals surface area contributed by atoms with Crippen LogP contribution in [0.5, 0.6) is 0 Å². The lowest BCUT2D eigenvalue weighted by Crippen LogP contribution is -2.00. The lowest BCUT2D eigenvalue weighted by atomic mass is 10.1. The van der Waals surface area contributed by atoms with Crippen LogP contribution in [0.3, 0.4) is 0 Å². The van der Waals surface area contributed by atoms with Crippen molar-refractivity contribution in [3.63, 3.8) is 0 Å². The van der Waals surface area contributed by atoms with Gasteiger partial charge in [-0.25, -0.2) is 4.39 Å². The third kappa shape index (κ3) is 5.36. The van der Waals surface area contributed by atoms with E-state index in [1.54, 1.807) is 12.1 Å². The maximum Gasteiger partial charge on any atom is 0.123 e. The Labute approximate surface area is 81.3 Å². The molecule has 0 saturated heterocycles. The van der Waals surface area contributed by atoms with Gasteiger partial charge in [-0.2, -0.15) is 0 Å². The number of nitrogens with two attached hydrogens (primary N) is 1. The van der Waals surface area contributed by atoms with Crippen LogP contribution in [0.25, 0.3) is 0 Å². The first-order valence-corrected chi connectivity index (χ1v) is 4.77. The highest BCUT2D eigenvalue weighted by Gasteiger charge is 1.91. The molecule has 76 valence electrons. The lowest BCUT2D eigenvalue weighted by molar-refractivity contribution is 0.626. The highest BCUT2D eigenvalue weighted by molar-refractivity contribution is 5.15. The molecule has 2 N–H and O–H groups in total. The first-order valence-electron chi connectivity index (χ1n) is 4.77. The van der Waals surface area contributed by atoms with E-state index in [0.717, 1.165) is 18.4 Å². The van der Waals surface area contributed by atoms with Gasteiger partial charge in [0.2, 0.25) is 0 Å². The van der Waals surface area contributed by atoms with E-state index in [1.165, 1.54) is 12.1 Å². The van der Waals surface area contributed by atoms with Crippen molar-refractivity contribution in [2.45, 2.75) is 26.7 Å². The van der Waals surface area contributed by atoms with Gasteiger partial charge in [0.1, 0.15) is 5.82 Å². The van der Waals surface area contributed by atoms with E-state index in [9.17, 15) is 4.39 Å². The second-order valence-corrected chi connectivity index (χ2v) is 2.52. The van der Waals surface area contributed by atoms with E-state index in [1.807, 2.05) is 13.8 Å². The van der Waals surface area contributed by atoms with Gasteiger partial charge in [0, 0.05) is 1.43 Å². The second-order valence-electron chi connectivity index (χ2n) is 2.52. The van der Waals surface area contributed by atoms with Gasteiger partial charge in [-0.05, 0) is 37.1 Å². The van der Waals surface area contributed by atoms with Gasteiger partial charge in [0.25, 0.3) is 0 Å². The van der Waals surface area contributed by atoms with E-state index >= 15 is 0 Å². The Morgan fingerprint density at radius 1 is 1.23 bits per heavy atom. The Hall–Kier alpha value is -0.890. The van der Waals surface area contributed by atoms with Crippen LogP contribution in [0.15, 0.2) is 24.3 Å². The fourth-order valence-corrected chi connectivity index (χ4v) is 0.957. The van der Waals surface area contributed by atoms with Crippen LogP contribution < -0.4 is 5.73 Å². The topological polar surface area (TPSA) is 26.0 Å². The fraction of sp³-hybridized carbons (Fsp3) is 0.455. The minimum absolute atomic E-state index is 0. The largest absolute Gasteiger partial charge is 0.330 e. The van der Waals surface area contributed by atoms with Crippen molar-refractivity contribution in [1.82, 2.24) is 0 Å². The minimum Gasteiger partial charge on any atom is -0.330 e. The molecule has 0 bridgehead atoms. The van der Waals surface area contributed by atoms with Crippen molar-refractivity contribution >= 4 is 0 Å². The summed E-state index contributed by atoms with van der Waals surface area (Å²) in [4.78, 5) is 0. The summed E-state index contributed by atoms with van der Waals surface area (Å²) in [6.07, 6.45) is 1.91. The Balaban J connectivity index is 0. The van der Waals surface area contributed by atoms with E-state index < -0.39 is 0 Å². The molecule has 0 radical (unpaired) electrons. The summed E-state index contributed by atoms with van der Waals surface area (Å²) in [5, 5.41) is 0. The predicted molar refractivity (Wildman–Crippen MR) is 57.2 cm³/mol. The molecule has 0 aromatic heterocycles. The summed E-state index contributed by atoms with van der Waals surface area (Å²) in [6, 6.07) is 6.55. The van der Waals surface area contributed by atoms with Crippen molar-refractivity contribution in [1.29, 1.82) is 0 Å². The molecule has 0 heterocycles. The molecule has 1 rings (SSSR count). The monoisotopic (exact) mass is 185 g/mol. The predicted octanol–water partition coefficient (Wildman–Crippen LogP) is 2.99. The molecule has 0 atom stereocenters. The fourth-order valence-electron chi connectivity index (χ4n) is 0.957. The molecule has 1 nitrogen and oxygen atoms in total. The summed E-state index contributed by atoms with van der Waals surface area (Å²) >= 11 is 0. The molecule has 13 heavy (non-hydrogen) atoms. The van der Waals surface area contributed by atoms with Gasteiger partial charge in [-0.15, -0.1) is 0 Å². The summed E-state index contributed by atoms with van der Waals surface area (Å²) in [5.41, 5.74) is 6.48. The van der Waals surface area contributed by atoms with Gasteiger partial charge in [-0.3, -0.25) is 0 Å². The van der Waals surface area contributed by atoms with Gasteiger partial charge >= 0.3 is 0 Å². The van der Waals surface area contributed by atoms with Gasteiger partial charge < -0.3 is 5.73 Å². The Kier molecular flexibility index (Phi) is 7.21. The lowest BCUT2D eigenvalue weighted by Gasteiger charge is -1.97. The van der Waals surface area contributed by atoms with Gasteiger partial charge in [-0.1, -0.05) is 26.0 Å². The highest BCUT2D eigenvalue weighted by atomic mass is 19.1. The molecule has 0 fully saturated rings. The average Bonchev–Trinajstić information content (AvgIpc) is 2.20. The third-order valence-electron chi connectivity index (χ3n) is 1.58. The van der Waals surface area contributed by atoms with Gasteiger partial charge in [0.05, 0.1) is 0 Å². The zero-order valence-electron chi connectivity index (χ0n) is 8.39. The number of halogens is 1. The second kappa shape index (κ2) is 7.74. The maximum absolute atomic E-state index is 12.4.